The van der Waals surface area contributed by atoms with Crippen LogP contribution < -0.4 is 9.80 Å². The fourth-order valence-corrected chi connectivity index (χ4v) is 3.73. The van der Waals surface area contributed by atoms with Gasteiger partial charge in [0.1, 0.15) is 12.1 Å². The molecule has 0 aromatic heterocycles. The maximum atomic E-state index is 13.0. The van der Waals surface area contributed by atoms with Crippen LogP contribution in [0.1, 0.15) is 13.8 Å². The molecular weight excluding hydrogens is 436 g/mol. The van der Waals surface area contributed by atoms with Gasteiger partial charge in [-0.25, -0.2) is 0 Å². The highest BCUT2D eigenvalue weighted by Crippen LogP contribution is 2.31. The molecule has 0 spiro atoms. The Morgan fingerprint density at radius 2 is 1.12 bits per heavy atom. The van der Waals surface area contributed by atoms with E-state index < -0.39 is 12.1 Å². The highest BCUT2D eigenvalue weighted by atomic mass is 79.9. The number of hydrogen-bond donors (Lipinski definition) is 0. The first-order valence-electron chi connectivity index (χ1n) is 7.57. The van der Waals surface area contributed by atoms with Crippen molar-refractivity contribution in [3.05, 3.63) is 57.5 Å². The Labute approximate surface area is 157 Å². The van der Waals surface area contributed by atoms with Gasteiger partial charge in [-0.2, -0.15) is 0 Å². The summed E-state index contributed by atoms with van der Waals surface area (Å²) in [5.41, 5.74) is 1.44. The molecule has 2 amide bonds. The van der Waals surface area contributed by atoms with Crippen LogP contribution in [0.3, 0.4) is 0 Å². The minimum absolute atomic E-state index is 0.0971. The zero-order valence-corrected chi connectivity index (χ0v) is 16.4. The Morgan fingerprint density at radius 3 is 1.46 bits per heavy atom. The van der Waals surface area contributed by atoms with Gasteiger partial charge in [-0.05, 0) is 50.2 Å². The summed E-state index contributed by atoms with van der Waals surface area (Å²) < 4.78 is 1.74. The average molecular weight is 452 g/mol. The van der Waals surface area contributed by atoms with E-state index in [9.17, 15) is 9.59 Å². The second kappa shape index (κ2) is 6.69. The van der Waals surface area contributed by atoms with Crippen molar-refractivity contribution in [2.75, 3.05) is 9.80 Å². The summed E-state index contributed by atoms with van der Waals surface area (Å²) in [6, 6.07) is 13.7. The number of hydrogen-bond acceptors (Lipinski definition) is 2. The number of rotatable bonds is 2. The molecule has 1 saturated heterocycles. The molecule has 0 N–H and O–H groups in total. The van der Waals surface area contributed by atoms with E-state index in [2.05, 4.69) is 31.9 Å². The Morgan fingerprint density at radius 1 is 0.750 bits per heavy atom. The summed E-state index contributed by atoms with van der Waals surface area (Å²) in [6.07, 6.45) is 0. The van der Waals surface area contributed by atoms with E-state index in [1.807, 2.05) is 48.5 Å². The van der Waals surface area contributed by atoms with Gasteiger partial charge in [-0.1, -0.05) is 44.0 Å². The van der Waals surface area contributed by atoms with Gasteiger partial charge in [0.15, 0.2) is 0 Å². The summed E-state index contributed by atoms with van der Waals surface area (Å²) in [7, 11) is 0. The van der Waals surface area contributed by atoms with Crippen molar-refractivity contribution in [1.29, 1.82) is 0 Å². The number of nitrogens with zero attached hydrogens (tertiary/aromatic N) is 2. The van der Waals surface area contributed by atoms with E-state index in [1.165, 1.54) is 0 Å². The van der Waals surface area contributed by atoms with Crippen LogP contribution in [0, 0.1) is 0 Å². The number of piperazine rings is 1. The van der Waals surface area contributed by atoms with Gasteiger partial charge in [-0.15, -0.1) is 0 Å². The predicted molar refractivity (Wildman–Crippen MR) is 102 cm³/mol. The minimum atomic E-state index is -0.568. The Bertz CT molecular complexity index is 742. The number of anilines is 2. The number of carbonyl (C=O) groups is 2. The van der Waals surface area contributed by atoms with Crippen LogP contribution in [0.5, 0.6) is 0 Å². The van der Waals surface area contributed by atoms with Crippen LogP contribution in [0.4, 0.5) is 11.4 Å². The molecule has 2 aromatic rings. The molecule has 0 aliphatic carbocycles. The van der Waals surface area contributed by atoms with E-state index in [-0.39, 0.29) is 11.8 Å². The lowest BCUT2D eigenvalue weighted by Crippen LogP contribution is -2.63. The monoisotopic (exact) mass is 450 g/mol. The molecule has 4 nitrogen and oxygen atoms in total. The normalized spacial score (nSPS) is 21.3. The van der Waals surface area contributed by atoms with Crippen LogP contribution in [-0.2, 0) is 9.59 Å². The first-order chi connectivity index (χ1) is 11.4. The van der Waals surface area contributed by atoms with Crippen LogP contribution >= 0.6 is 31.9 Å². The second-order valence-electron chi connectivity index (χ2n) is 5.73. The van der Waals surface area contributed by atoms with Crippen LogP contribution in [0.2, 0.25) is 0 Å². The number of halogens is 2. The molecule has 1 aliphatic rings. The van der Waals surface area contributed by atoms with Crippen molar-refractivity contribution in [1.82, 2.24) is 0 Å². The molecule has 24 heavy (non-hydrogen) atoms. The van der Waals surface area contributed by atoms with Crippen molar-refractivity contribution in [2.24, 2.45) is 0 Å². The molecule has 2 atom stereocenters. The van der Waals surface area contributed by atoms with Gasteiger partial charge in [-0.3, -0.25) is 19.4 Å². The second-order valence-corrected chi connectivity index (χ2v) is 7.56. The molecule has 0 unspecified atom stereocenters. The Balaban J connectivity index is 2.01. The van der Waals surface area contributed by atoms with Crippen molar-refractivity contribution in [3.63, 3.8) is 0 Å². The molecule has 1 heterocycles. The fraction of sp³-hybridized carbons (Fsp3) is 0.222. The molecule has 1 fully saturated rings. The molecule has 6 heteroatoms. The maximum Gasteiger partial charge on any atom is 0.250 e. The van der Waals surface area contributed by atoms with Crippen molar-refractivity contribution in [2.45, 2.75) is 25.9 Å². The lowest BCUT2D eigenvalue weighted by Gasteiger charge is -2.42. The third kappa shape index (κ3) is 3.00. The van der Waals surface area contributed by atoms with E-state index >= 15 is 0 Å². The number of amides is 2. The summed E-state index contributed by atoms with van der Waals surface area (Å²) in [4.78, 5) is 29.1. The predicted octanol–water partition coefficient (Wildman–Crippen LogP) is 4.37. The summed E-state index contributed by atoms with van der Waals surface area (Å²) in [6.45, 7) is 3.52. The van der Waals surface area contributed by atoms with Crippen LogP contribution in [0.15, 0.2) is 57.5 Å². The smallest absolute Gasteiger partial charge is 0.250 e. The Kier molecular flexibility index (Phi) is 4.78. The minimum Gasteiger partial charge on any atom is -0.298 e. The third-order valence-corrected chi connectivity index (χ3v) is 5.12. The average Bonchev–Trinajstić information content (AvgIpc) is 2.54. The molecular formula is C18H16Br2N2O2. The zero-order valence-electron chi connectivity index (χ0n) is 13.2. The lowest BCUT2D eigenvalue weighted by molar-refractivity contribution is -0.130. The van der Waals surface area contributed by atoms with E-state index in [1.54, 1.807) is 23.6 Å². The van der Waals surface area contributed by atoms with Gasteiger partial charge < -0.3 is 0 Å². The molecule has 0 saturated carbocycles. The molecule has 124 valence electrons. The molecule has 0 bridgehead atoms. The fourth-order valence-electron chi connectivity index (χ4n) is 2.96. The van der Waals surface area contributed by atoms with E-state index in [4.69, 9.17) is 0 Å². The van der Waals surface area contributed by atoms with Gasteiger partial charge >= 0.3 is 0 Å². The zero-order chi connectivity index (χ0) is 17.4. The SMILES string of the molecule is C[C@@H]1C(=O)N(c2cccc(Br)c2)[C@H](C)C(=O)N1c1cccc(Br)c1. The van der Waals surface area contributed by atoms with Crippen molar-refractivity contribution >= 4 is 55.0 Å². The van der Waals surface area contributed by atoms with Gasteiger partial charge in [0, 0.05) is 20.3 Å². The summed E-state index contributed by atoms with van der Waals surface area (Å²) in [5.74, 6) is -0.194. The van der Waals surface area contributed by atoms with E-state index in [0.717, 1.165) is 20.3 Å². The topological polar surface area (TPSA) is 40.6 Å². The third-order valence-electron chi connectivity index (χ3n) is 4.14. The summed E-state index contributed by atoms with van der Waals surface area (Å²) in [5, 5.41) is 0. The highest BCUT2D eigenvalue weighted by Gasteiger charge is 2.43. The standard InChI is InChI=1S/C18H16Br2N2O2/c1-11-17(23)22(16-8-4-6-14(20)10-16)12(2)18(24)21(11)15-7-3-5-13(19)9-15/h3-12H,1-2H3/t11-,12-/m1/s1. The molecule has 3 rings (SSSR count). The quantitative estimate of drug-likeness (QED) is 0.680. The van der Waals surface area contributed by atoms with Crippen LogP contribution in [0.25, 0.3) is 0 Å². The van der Waals surface area contributed by atoms with Gasteiger partial charge in [0.05, 0.1) is 0 Å². The lowest BCUT2D eigenvalue weighted by atomic mass is 10.0. The van der Waals surface area contributed by atoms with Gasteiger partial charge in [0.2, 0.25) is 0 Å². The molecule has 2 aromatic carbocycles. The Hall–Kier alpha value is -1.66. The molecule has 0 radical (unpaired) electrons. The maximum absolute atomic E-state index is 13.0. The van der Waals surface area contributed by atoms with E-state index in [0.29, 0.717) is 0 Å². The van der Waals surface area contributed by atoms with Crippen molar-refractivity contribution in [3.8, 4) is 0 Å². The summed E-state index contributed by atoms with van der Waals surface area (Å²) >= 11 is 6.83. The first-order valence-corrected chi connectivity index (χ1v) is 9.16. The number of carbonyl (C=O) groups excluding carboxylic acids is 2. The molecule has 1 aliphatic heterocycles. The van der Waals surface area contributed by atoms with Crippen LogP contribution in [-0.4, -0.2) is 23.9 Å². The highest BCUT2D eigenvalue weighted by molar-refractivity contribution is 9.10. The first kappa shape index (κ1) is 17.2. The van der Waals surface area contributed by atoms with Gasteiger partial charge in [0.25, 0.3) is 11.8 Å². The number of benzene rings is 2. The largest absolute Gasteiger partial charge is 0.298 e. The van der Waals surface area contributed by atoms with Crippen molar-refractivity contribution < 1.29 is 9.59 Å².